The van der Waals surface area contributed by atoms with Crippen LogP contribution in [0.1, 0.15) is 23.2 Å². The molecule has 4 heterocycles. The van der Waals surface area contributed by atoms with E-state index in [1.807, 2.05) is 0 Å². The minimum absolute atomic E-state index is 0.171. The fourth-order valence-corrected chi connectivity index (χ4v) is 4.22. The molecule has 166 valence electrons. The number of ether oxygens (including phenoxy) is 2. The van der Waals surface area contributed by atoms with E-state index in [1.54, 1.807) is 22.6 Å². The average Bonchev–Trinajstić information content (AvgIpc) is 3.22. The highest BCUT2D eigenvalue weighted by Crippen LogP contribution is 2.48. The van der Waals surface area contributed by atoms with E-state index in [9.17, 15) is 9.18 Å². The van der Waals surface area contributed by atoms with E-state index < -0.39 is 5.82 Å². The van der Waals surface area contributed by atoms with Gasteiger partial charge in [-0.1, -0.05) is 0 Å². The molecule has 0 bridgehead atoms. The van der Waals surface area contributed by atoms with Gasteiger partial charge in [0.2, 0.25) is 0 Å². The first-order valence-corrected chi connectivity index (χ1v) is 10.5. The van der Waals surface area contributed by atoms with E-state index in [1.165, 1.54) is 18.3 Å². The van der Waals surface area contributed by atoms with Gasteiger partial charge in [0.05, 0.1) is 11.9 Å². The standard InChI is InChI=1S/C21H22FN7O3/c1-23-17-8-16(26-14-6-12(22)7-15-18(14)32-5-4-31-15)27-19-13(9-24-29(17)19)20(30)28-11-21(2-3-21)10-25-28/h6-9,23,25H,2-5,10-11H2,1H3,(H,26,27). The molecular formula is C21H22FN7O3. The van der Waals surface area contributed by atoms with Gasteiger partial charge in [0.25, 0.3) is 5.91 Å². The molecule has 0 atom stereocenters. The Hall–Kier alpha value is -3.60. The lowest BCUT2D eigenvalue weighted by atomic mass is 10.1. The number of fused-ring (bicyclic) bond motifs is 2. The predicted molar refractivity (Wildman–Crippen MR) is 114 cm³/mol. The molecular weight excluding hydrogens is 417 g/mol. The summed E-state index contributed by atoms with van der Waals surface area (Å²) in [5, 5.41) is 12.2. The molecule has 2 aromatic heterocycles. The maximum absolute atomic E-state index is 14.1. The van der Waals surface area contributed by atoms with Gasteiger partial charge in [-0.15, -0.1) is 0 Å². The third kappa shape index (κ3) is 3.08. The number of aromatic nitrogens is 3. The normalized spacial score (nSPS) is 18.2. The van der Waals surface area contributed by atoms with Gasteiger partial charge in [0.1, 0.15) is 36.2 Å². The molecule has 11 heteroatoms. The van der Waals surface area contributed by atoms with Gasteiger partial charge >= 0.3 is 0 Å². The number of rotatable bonds is 4. The van der Waals surface area contributed by atoms with Crippen LogP contribution >= 0.6 is 0 Å². The molecule has 6 rings (SSSR count). The van der Waals surface area contributed by atoms with Crippen LogP contribution in [0, 0.1) is 11.2 Å². The van der Waals surface area contributed by atoms with Crippen molar-refractivity contribution in [1.29, 1.82) is 0 Å². The lowest BCUT2D eigenvalue weighted by molar-refractivity contribution is 0.0721. The van der Waals surface area contributed by atoms with Gasteiger partial charge in [-0.05, 0) is 12.8 Å². The predicted octanol–water partition coefficient (Wildman–Crippen LogP) is 2.17. The minimum Gasteiger partial charge on any atom is -0.486 e. The first-order chi connectivity index (χ1) is 15.5. The summed E-state index contributed by atoms with van der Waals surface area (Å²) in [7, 11) is 1.75. The van der Waals surface area contributed by atoms with Crippen LogP contribution in [-0.4, -0.2) is 58.9 Å². The fraction of sp³-hybridized carbons (Fsp3) is 0.381. The van der Waals surface area contributed by atoms with Crippen molar-refractivity contribution in [3.63, 3.8) is 0 Å². The van der Waals surface area contributed by atoms with Crippen LogP contribution < -0.4 is 25.5 Å². The minimum atomic E-state index is -0.457. The van der Waals surface area contributed by atoms with E-state index in [2.05, 4.69) is 26.1 Å². The Morgan fingerprint density at radius 1 is 1.25 bits per heavy atom. The van der Waals surface area contributed by atoms with E-state index in [-0.39, 0.29) is 11.3 Å². The topological polar surface area (TPSA) is 105 Å². The number of nitrogens with one attached hydrogen (secondary N) is 3. The second kappa shape index (κ2) is 6.95. The number of carbonyl (C=O) groups is 1. The van der Waals surface area contributed by atoms with Crippen molar-refractivity contribution >= 4 is 28.9 Å². The van der Waals surface area contributed by atoms with Crippen LogP contribution in [0.5, 0.6) is 11.5 Å². The van der Waals surface area contributed by atoms with Gasteiger partial charge in [0, 0.05) is 43.8 Å². The Morgan fingerprint density at radius 3 is 2.88 bits per heavy atom. The van der Waals surface area contributed by atoms with Crippen molar-refractivity contribution in [3.8, 4) is 11.5 Å². The van der Waals surface area contributed by atoms with E-state index >= 15 is 0 Å². The number of anilines is 3. The number of carbonyl (C=O) groups excluding carboxylic acids is 1. The van der Waals surface area contributed by atoms with Crippen molar-refractivity contribution in [2.24, 2.45) is 5.41 Å². The molecule has 1 saturated heterocycles. The van der Waals surface area contributed by atoms with E-state index in [0.717, 1.165) is 19.4 Å². The van der Waals surface area contributed by atoms with Crippen molar-refractivity contribution in [3.05, 3.63) is 35.8 Å². The molecule has 3 aromatic rings. The third-order valence-corrected chi connectivity index (χ3v) is 6.17. The van der Waals surface area contributed by atoms with Crippen LogP contribution in [0.4, 0.5) is 21.7 Å². The van der Waals surface area contributed by atoms with Gasteiger partial charge in [-0.3, -0.25) is 9.80 Å². The SMILES string of the molecule is CNc1cc(Nc2cc(F)cc3c2OCCO3)nc2c(C(=O)N3CC4(CC4)CN3)cnn12. The summed E-state index contributed by atoms with van der Waals surface area (Å²) in [6.45, 7) is 2.23. The van der Waals surface area contributed by atoms with Crippen molar-refractivity contribution in [2.75, 3.05) is 44.0 Å². The highest BCUT2D eigenvalue weighted by Gasteiger charge is 2.49. The number of hydrazine groups is 1. The maximum Gasteiger partial charge on any atom is 0.273 e. The Bertz CT molecular complexity index is 1240. The molecule has 2 aliphatic heterocycles. The lowest BCUT2D eigenvalue weighted by Gasteiger charge is -2.21. The van der Waals surface area contributed by atoms with E-state index in [0.29, 0.717) is 59.8 Å². The third-order valence-electron chi connectivity index (χ3n) is 6.17. The Labute approximate surface area is 182 Å². The molecule has 1 saturated carbocycles. The molecule has 0 radical (unpaired) electrons. The Morgan fingerprint density at radius 2 is 2.09 bits per heavy atom. The van der Waals surface area contributed by atoms with Crippen LogP contribution in [0.15, 0.2) is 24.4 Å². The number of amides is 1. The summed E-state index contributed by atoms with van der Waals surface area (Å²) in [5.74, 6) is 1.16. The van der Waals surface area contributed by atoms with Crippen LogP contribution in [0.3, 0.4) is 0 Å². The van der Waals surface area contributed by atoms with Crippen molar-refractivity contribution in [2.45, 2.75) is 12.8 Å². The lowest BCUT2D eigenvalue weighted by Crippen LogP contribution is -2.37. The zero-order valence-electron chi connectivity index (χ0n) is 17.4. The largest absolute Gasteiger partial charge is 0.486 e. The summed E-state index contributed by atoms with van der Waals surface area (Å²) in [5.41, 5.74) is 4.60. The molecule has 1 aromatic carbocycles. The quantitative estimate of drug-likeness (QED) is 0.568. The summed E-state index contributed by atoms with van der Waals surface area (Å²) >= 11 is 0. The number of halogens is 1. The van der Waals surface area contributed by atoms with Crippen LogP contribution in [0.25, 0.3) is 5.65 Å². The zero-order valence-corrected chi connectivity index (χ0v) is 17.4. The number of hydrogen-bond acceptors (Lipinski definition) is 8. The molecule has 32 heavy (non-hydrogen) atoms. The molecule has 1 aliphatic carbocycles. The summed E-state index contributed by atoms with van der Waals surface area (Å²) in [4.78, 5) is 17.8. The Kier molecular flexibility index (Phi) is 4.15. The second-order valence-electron chi connectivity index (χ2n) is 8.40. The summed E-state index contributed by atoms with van der Waals surface area (Å²) < 4.78 is 26.9. The van der Waals surface area contributed by atoms with Crippen molar-refractivity contribution < 1.29 is 18.7 Å². The van der Waals surface area contributed by atoms with Gasteiger partial charge < -0.3 is 20.1 Å². The van der Waals surface area contributed by atoms with Gasteiger partial charge in [-0.2, -0.15) is 9.61 Å². The highest BCUT2D eigenvalue weighted by molar-refractivity contribution is 6.00. The monoisotopic (exact) mass is 439 g/mol. The van der Waals surface area contributed by atoms with Gasteiger partial charge in [-0.25, -0.2) is 14.8 Å². The van der Waals surface area contributed by atoms with Crippen LogP contribution in [-0.2, 0) is 0 Å². The molecule has 3 N–H and O–H groups in total. The molecule has 2 fully saturated rings. The second-order valence-corrected chi connectivity index (χ2v) is 8.40. The number of hydrogen-bond donors (Lipinski definition) is 3. The number of benzene rings is 1. The van der Waals surface area contributed by atoms with Crippen molar-refractivity contribution in [1.82, 2.24) is 25.0 Å². The van der Waals surface area contributed by atoms with E-state index in [4.69, 9.17) is 9.47 Å². The Balaban J connectivity index is 1.38. The fourth-order valence-electron chi connectivity index (χ4n) is 4.22. The highest BCUT2D eigenvalue weighted by atomic mass is 19.1. The van der Waals surface area contributed by atoms with Crippen LogP contribution in [0.2, 0.25) is 0 Å². The summed E-state index contributed by atoms with van der Waals surface area (Å²) in [6, 6.07) is 4.34. The average molecular weight is 439 g/mol. The molecule has 10 nitrogen and oxygen atoms in total. The maximum atomic E-state index is 14.1. The molecule has 3 aliphatic rings. The smallest absolute Gasteiger partial charge is 0.273 e. The molecule has 1 amide bonds. The first-order valence-electron chi connectivity index (χ1n) is 10.5. The molecule has 0 unspecified atom stereocenters. The number of nitrogens with zero attached hydrogens (tertiary/aromatic N) is 4. The summed E-state index contributed by atoms with van der Waals surface area (Å²) in [6.07, 6.45) is 3.80. The first kappa shape index (κ1) is 19.1. The molecule has 1 spiro atoms. The zero-order chi connectivity index (χ0) is 21.9. The van der Waals surface area contributed by atoms with Gasteiger partial charge in [0.15, 0.2) is 17.1 Å².